The van der Waals surface area contributed by atoms with Crippen LogP contribution >= 0.6 is 23.1 Å². The summed E-state index contributed by atoms with van der Waals surface area (Å²) in [5, 5.41) is 1.58. The van der Waals surface area contributed by atoms with Gasteiger partial charge < -0.3 is 4.74 Å². The van der Waals surface area contributed by atoms with Gasteiger partial charge in [-0.25, -0.2) is 15.0 Å². The lowest BCUT2D eigenvalue weighted by Gasteiger charge is -2.09. The molecule has 0 aliphatic rings. The van der Waals surface area contributed by atoms with Gasteiger partial charge in [0.1, 0.15) is 11.6 Å². The van der Waals surface area contributed by atoms with Gasteiger partial charge in [-0.2, -0.15) is 0 Å². The normalized spacial score (nSPS) is 11.0. The number of hydrogen-bond acceptors (Lipinski definition) is 7. The van der Waals surface area contributed by atoms with Gasteiger partial charge in [-0.1, -0.05) is 23.9 Å². The average Bonchev–Trinajstić information content (AvgIpc) is 3.02. The Morgan fingerprint density at radius 3 is 2.56 bits per heavy atom. The van der Waals surface area contributed by atoms with Crippen LogP contribution in [0.2, 0.25) is 0 Å². The summed E-state index contributed by atoms with van der Waals surface area (Å²) in [6, 6.07) is 7.90. The van der Waals surface area contributed by atoms with Crippen molar-refractivity contribution >= 4 is 39.3 Å². The minimum absolute atomic E-state index is 0.220. The molecule has 0 atom stereocenters. The van der Waals surface area contributed by atoms with Crippen molar-refractivity contribution < 1.29 is 9.53 Å². The third-order valence-corrected chi connectivity index (χ3v) is 5.41. The van der Waals surface area contributed by atoms with E-state index in [9.17, 15) is 4.79 Å². The van der Waals surface area contributed by atoms with Gasteiger partial charge in [-0.15, -0.1) is 11.3 Å². The Morgan fingerprint density at radius 2 is 1.88 bits per heavy atom. The van der Waals surface area contributed by atoms with Crippen LogP contribution in [0.3, 0.4) is 0 Å². The number of nitrogens with zero attached hydrogens (tertiary/aromatic N) is 3. The highest BCUT2D eigenvalue weighted by atomic mass is 32.2. The molecule has 0 amide bonds. The second-order valence-corrected chi connectivity index (χ2v) is 7.48. The van der Waals surface area contributed by atoms with Gasteiger partial charge in [0, 0.05) is 17.8 Å². The number of para-hydroxylation sites is 1. The molecule has 2 heterocycles. The van der Waals surface area contributed by atoms with Crippen LogP contribution < -0.4 is 0 Å². The molecule has 1 aromatic carbocycles. The maximum atomic E-state index is 12.1. The van der Waals surface area contributed by atoms with Gasteiger partial charge >= 0.3 is 5.97 Å². The van der Waals surface area contributed by atoms with Crippen molar-refractivity contribution in [3.63, 3.8) is 0 Å². The number of aromatic nitrogens is 3. The molecule has 0 N–H and O–H groups in total. The number of fused-ring (bicyclic) bond motifs is 1. The molecule has 0 spiro atoms. The summed E-state index contributed by atoms with van der Waals surface area (Å²) in [6.07, 6.45) is 2.85. The van der Waals surface area contributed by atoms with Crippen molar-refractivity contribution in [2.45, 2.75) is 38.5 Å². The van der Waals surface area contributed by atoms with Crippen molar-refractivity contribution in [2.75, 3.05) is 6.26 Å². The molecule has 25 heavy (non-hydrogen) atoms. The largest absolute Gasteiger partial charge is 0.458 e. The van der Waals surface area contributed by atoms with E-state index in [0.717, 1.165) is 37.3 Å². The van der Waals surface area contributed by atoms with Gasteiger partial charge in [0.2, 0.25) is 0 Å². The van der Waals surface area contributed by atoms with E-state index < -0.39 is 0 Å². The topological polar surface area (TPSA) is 65.0 Å². The molecule has 0 unspecified atom stereocenters. The zero-order valence-electron chi connectivity index (χ0n) is 14.4. The molecule has 3 rings (SSSR count). The lowest BCUT2D eigenvalue weighted by atomic mass is 10.1. The molecule has 0 aliphatic heterocycles. The highest BCUT2D eigenvalue weighted by Gasteiger charge is 2.12. The monoisotopic (exact) mass is 373 g/mol. The number of hydrogen-bond donors (Lipinski definition) is 0. The van der Waals surface area contributed by atoms with E-state index in [2.05, 4.69) is 15.0 Å². The predicted octanol–water partition coefficient (Wildman–Crippen LogP) is 4.10. The standard InChI is InChI=1S/C18H19N3O2S2/c1-11-13(12(2)20-18(19-11)24-3)8-9-17(22)23-10-16-21-14-6-4-5-7-15(14)25-16/h4-7H,8-10H2,1-3H3. The zero-order chi connectivity index (χ0) is 17.8. The van der Waals surface area contributed by atoms with Gasteiger partial charge in [-0.05, 0) is 44.2 Å². The summed E-state index contributed by atoms with van der Waals surface area (Å²) in [4.78, 5) is 25.4. The maximum Gasteiger partial charge on any atom is 0.306 e. The molecular formula is C18H19N3O2S2. The van der Waals surface area contributed by atoms with Crippen molar-refractivity contribution in [3.05, 3.63) is 46.2 Å². The number of esters is 1. The van der Waals surface area contributed by atoms with Crippen molar-refractivity contribution in [3.8, 4) is 0 Å². The molecule has 5 nitrogen and oxygen atoms in total. The first kappa shape index (κ1) is 17.8. The molecule has 0 aliphatic carbocycles. The number of rotatable bonds is 6. The molecule has 7 heteroatoms. The van der Waals surface area contributed by atoms with Gasteiger partial charge in [0.25, 0.3) is 0 Å². The first-order chi connectivity index (χ1) is 12.1. The van der Waals surface area contributed by atoms with Crippen molar-refractivity contribution in [1.29, 1.82) is 0 Å². The van der Waals surface area contributed by atoms with Crippen molar-refractivity contribution in [2.24, 2.45) is 0 Å². The minimum Gasteiger partial charge on any atom is -0.458 e. The first-order valence-electron chi connectivity index (χ1n) is 7.95. The number of ether oxygens (including phenoxy) is 1. The number of carbonyl (C=O) groups excluding carboxylic acids is 1. The van der Waals surface area contributed by atoms with Crippen LogP contribution in [0, 0.1) is 13.8 Å². The Balaban J connectivity index is 1.56. The molecule has 0 saturated carbocycles. The van der Waals surface area contributed by atoms with E-state index in [1.54, 1.807) is 11.3 Å². The van der Waals surface area contributed by atoms with Crippen LogP contribution in [-0.4, -0.2) is 27.2 Å². The average molecular weight is 374 g/mol. The Labute approximate surface area is 154 Å². The van der Waals surface area contributed by atoms with Crippen LogP contribution in [-0.2, 0) is 22.6 Å². The summed E-state index contributed by atoms with van der Waals surface area (Å²) < 4.78 is 6.47. The zero-order valence-corrected chi connectivity index (χ0v) is 16.0. The highest BCUT2D eigenvalue weighted by molar-refractivity contribution is 7.98. The third-order valence-electron chi connectivity index (χ3n) is 3.86. The first-order valence-corrected chi connectivity index (χ1v) is 9.99. The Bertz CT molecular complexity index is 852. The second kappa shape index (κ2) is 7.93. The minimum atomic E-state index is -0.230. The van der Waals surface area contributed by atoms with Crippen LogP contribution in [0.4, 0.5) is 0 Å². The van der Waals surface area contributed by atoms with E-state index in [1.165, 1.54) is 11.8 Å². The molecule has 0 fully saturated rings. The van der Waals surface area contributed by atoms with Crippen LogP contribution in [0.1, 0.15) is 28.4 Å². The fourth-order valence-corrected chi connectivity index (χ4v) is 3.92. The second-order valence-electron chi connectivity index (χ2n) is 5.60. The van der Waals surface area contributed by atoms with E-state index in [-0.39, 0.29) is 12.6 Å². The van der Waals surface area contributed by atoms with Crippen molar-refractivity contribution in [1.82, 2.24) is 15.0 Å². The van der Waals surface area contributed by atoms with Gasteiger partial charge in [0.15, 0.2) is 5.16 Å². The molecule has 130 valence electrons. The SMILES string of the molecule is CSc1nc(C)c(CCC(=O)OCc2nc3ccccc3s2)c(C)n1. The van der Waals surface area contributed by atoms with E-state index in [0.29, 0.717) is 12.8 Å². The molecule has 0 radical (unpaired) electrons. The Kier molecular flexibility index (Phi) is 5.65. The van der Waals surface area contributed by atoms with Crippen LogP contribution in [0.15, 0.2) is 29.4 Å². The smallest absolute Gasteiger partial charge is 0.306 e. The molecule has 2 aromatic heterocycles. The molecule has 0 saturated heterocycles. The summed E-state index contributed by atoms with van der Waals surface area (Å²) in [6.45, 7) is 4.13. The van der Waals surface area contributed by atoms with E-state index >= 15 is 0 Å². The number of thiazole rings is 1. The lowest BCUT2D eigenvalue weighted by Crippen LogP contribution is -2.09. The molecule has 3 aromatic rings. The maximum absolute atomic E-state index is 12.1. The number of benzene rings is 1. The van der Waals surface area contributed by atoms with Gasteiger partial charge in [-0.3, -0.25) is 4.79 Å². The summed E-state index contributed by atoms with van der Waals surface area (Å²) in [7, 11) is 0. The quantitative estimate of drug-likeness (QED) is 0.368. The summed E-state index contributed by atoms with van der Waals surface area (Å²) >= 11 is 3.07. The Hall–Kier alpha value is -1.99. The van der Waals surface area contributed by atoms with Crippen LogP contribution in [0.25, 0.3) is 10.2 Å². The third kappa shape index (κ3) is 4.35. The van der Waals surface area contributed by atoms with E-state index in [1.807, 2.05) is 44.4 Å². The summed E-state index contributed by atoms with van der Waals surface area (Å²) in [5.41, 5.74) is 3.82. The van der Waals surface area contributed by atoms with E-state index in [4.69, 9.17) is 4.74 Å². The van der Waals surface area contributed by atoms with Gasteiger partial charge in [0.05, 0.1) is 10.2 Å². The fraction of sp³-hybridized carbons (Fsp3) is 0.333. The van der Waals surface area contributed by atoms with Crippen LogP contribution in [0.5, 0.6) is 0 Å². The Morgan fingerprint density at radius 1 is 1.16 bits per heavy atom. The molecule has 0 bridgehead atoms. The highest BCUT2D eigenvalue weighted by Crippen LogP contribution is 2.22. The number of carbonyl (C=O) groups is 1. The summed E-state index contributed by atoms with van der Waals surface area (Å²) in [5.74, 6) is -0.230. The molecular weight excluding hydrogens is 354 g/mol. The number of aryl methyl sites for hydroxylation is 2. The predicted molar refractivity (Wildman–Crippen MR) is 101 cm³/mol. The number of thioether (sulfide) groups is 1. The lowest BCUT2D eigenvalue weighted by molar-refractivity contribution is -0.144. The fourth-order valence-electron chi connectivity index (χ4n) is 2.58.